The third-order valence-corrected chi connectivity index (χ3v) is 3.20. The molecule has 0 aromatic heterocycles. The Morgan fingerprint density at radius 2 is 2.31 bits per heavy atom. The molecule has 1 N–H and O–H groups in total. The van der Waals surface area contributed by atoms with Crippen LogP contribution >= 0.6 is 11.6 Å². The fraction of sp³-hybridized carbons (Fsp3) is 0.286. The van der Waals surface area contributed by atoms with Crippen LogP contribution in [0.25, 0.3) is 6.08 Å². The molecule has 2 atom stereocenters. The molecular formula is C14H13ClO. The van der Waals surface area contributed by atoms with E-state index < -0.39 is 6.10 Å². The van der Waals surface area contributed by atoms with Crippen LogP contribution in [0.3, 0.4) is 0 Å². The Hall–Kier alpha value is -1.23. The first kappa shape index (κ1) is 11.3. The van der Waals surface area contributed by atoms with E-state index in [1.54, 1.807) is 0 Å². The predicted octanol–water partition coefficient (Wildman–Crippen LogP) is 3.22. The number of aliphatic hydroxyl groups is 1. The number of hydrogen-bond acceptors (Lipinski definition) is 1. The normalized spacial score (nSPS) is 19.9. The number of hydrogen-bond donors (Lipinski definition) is 1. The lowest BCUT2D eigenvalue weighted by molar-refractivity contribution is 0.162. The first-order chi connectivity index (χ1) is 7.63. The molecule has 1 aliphatic carbocycles. The van der Waals surface area contributed by atoms with Crippen LogP contribution in [-0.2, 0) is 0 Å². The van der Waals surface area contributed by atoms with Crippen molar-refractivity contribution in [3.05, 3.63) is 39.9 Å². The van der Waals surface area contributed by atoms with Gasteiger partial charge >= 0.3 is 0 Å². The van der Waals surface area contributed by atoms with Gasteiger partial charge < -0.3 is 5.11 Å². The van der Waals surface area contributed by atoms with Gasteiger partial charge in [0.15, 0.2) is 0 Å². The summed E-state index contributed by atoms with van der Waals surface area (Å²) in [5.74, 6) is 2.49. The smallest absolute Gasteiger partial charge is 0.0755 e. The summed E-state index contributed by atoms with van der Waals surface area (Å²) in [5, 5.41) is 10.7. The molecule has 2 unspecified atom stereocenters. The van der Waals surface area contributed by atoms with Crippen LogP contribution in [-0.4, -0.2) is 11.2 Å². The van der Waals surface area contributed by atoms with Crippen LogP contribution < -0.4 is 0 Å². The van der Waals surface area contributed by atoms with E-state index in [0.29, 0.717) is 11.4 Å². The molecule has 16 heavy (non-hydrogen) atoms. The Labute approximate surface area is 101 Å². The Bertz CT molecular complexity index is 482. The zero-order chi connectivity index (χ0) is 11.7. The molecular weight excluding hydrogens is 220 g/mol. The molecule has 2 heteroatoms. The average molecular weight is 233 g/mol. The fourth-order valence-electron chi connectivity index (χ4n) is 2.28. The summed E-state index contributed by atoms with van der Waals surface area (Å²) in [7, 11) is 0. The maximum Gasteiger partial charge on any atom is 0.0755 e. The van der Waals surface area contributed by atoms with E-state index in [1.807, 2.05) is 25.1 Å². The molecule has 1 aromatic carbocycles. The monoisotopic (exact) mass is 232 g/mol. The summed E-state index contributed by atoms with van der Waals surface area (Å²) in [4.78, 5) is 0. The summed E-state index contributed by atoms with van der Waals surface area (Å²) in [5.41, 5.74) is 3.34. The Kier molecular flexibility index (Phi) is 3.05. The lowest BCUT2D eigenvalue weighted by atomic mass is 9.89. The maximum absolute atomic E-state index is 10.0. The third kappa shape index (κ3) is 1.87. The van der Waals surface area contributed by atoms with E-state index in [9.17, 15) is 5.11 Å². The van der Waals surface area contributed by atoms with Crippen molar-refractivity contribution in [3.63, 3.8) is 0 Å². The average Bonchev–Trinajstić information content (AvgIpc) is 2.53. The molecule has 82 valence electrons. The molecule has 0 saturated carbocycles. The zero-order valence-corrected chi connectivity index (χ0v) is 9.83. The zero-order valence-electron chi connectivity index (χ0n) is 9.07. The Balaban J connectivity index is 2.40. The number of terminal acetylenes is 1. The second-order valence-corrected chi connectivity index (χ2v) is 4.55. The summed E-state index contributed by atoms with van der Waals surface area (Å²) in [6, 6.07) is 5.75. The van der Waals surface area contributed by atoms with Gasteiger partial charge in [-0.05, 0) is 30.2 Å². The van der Waals surface area contributed by atoms with Crippen molar-refractivity contribution >= 4 is 17.7 Å². The molecule has 0 radical (unpaired) electrons. The second-order valence-electron chi connectivity index (χ2n) is 4.11. The van der Waals surface area contributed by atoms with Gasteiger partial charge in [0, 0.05) is 17.4 Å². The highest BCUT2D eigenvalue weighted by atomic mass is 35.5. The van der Waals surface area contributed by atoms with E-state index in [-0.39, 0.29) is 5.92 Å². The minimum atomic E-state index is -0.527. The quantitative estimate of drug-likeness (QED) is 0.777. The molecule has 0 aliphatic heterocycles. The maximum atomic E-state index is 10.0. The number of rotatable bonds is 2. The van der Waals surface area contributed by atoms with Gasteiger partial charge in [0.25, 0.3) is 0 Å². The third-order valence-electron chi connectivity index (χ3n) is 2.97. The molecule has 0 bridgehead atoms. The highest BCUT2D eigenvalue weighted by Gasteiger charge is 2.28. The van der Waals surface area contributed by atoms with Gasteiger partial charge in [-0.25, -0.2) is 0 Å². The van der Waals surface area contributed by atoms with E-state index >= 15 is 0 Å². The molecule has 0 amide bonds. The SMILES string of the molecule is C#CCC(O)C1C(C)=Cc2ccc(Cl)cc21. The predicted molar refractivity (Wildman–Crippen MR) is 67.3 cm³/mol. The van der Waals surface area contributed by atoms with Gasteiger partial charge in [-0.15, -0.1) is 12.3 Å². The van der Waals surface area contributed by atoms with Crippen molar-refractivity contribution < 1.29 is 5.11 Å². The number of aliphatic hydroxyl groups excluding tert-OH is 1. The van der Waals surface area contributed by atoms with Gasteiger partial charge in [-0.2, -0.15) is 0 Å². The van der Waals surface area contributed by atoms with Crippen LogP contribution in [0.5, 0.6) is 0 Å². The number of halogens is 1. The van der Waals surface area contributed by atoms with Crippen molar-refractivity contribution in [1.29, 1.82) is 0 Å². The van der Waals surface area contributed by atoms with Gasteiger partial charge in [0.1, 0.15) is 0 Å². The topological polar surface area (TPSA) is 20.2 Å². The first-order valence-electron chi connectivity index (χ1n) is 5.22. The van der Waals surface area contributed by atoms with Crippen molar-refractivity contribution in [2.24, 2.45) is 0 Å². The van der Waals surface area contributed by atoms with Gasteiger partial charge in [0.2, 0.25) is 0 Å². The molecule has 1 nitrogen and oxygen atoms in total. The van der Waals surface area contributed by atoms with Gasteiger partial charge in [-0.3, -0.25) is 0 Å². The standard InChI is InChI=1S/C14H13ClO/c1-3-4-13(16)14-9(2)7-10-5-6-11(15)8-12(10)14/h1,5-8,13-14,16H,4H2,2H3. The van der Waals surface area contributed by atoms with Gasteiger partial charge in [0.05, 0.1) is 6.10 Å². The minimum absolute atomic E-state index is 0.00949. The van der Waals surface area contributed by atoms with Crippen molar-refractivity contribution in [2.45, 2.75) is 25.4 Å². The van der Waals surface area contributed by atoms with E-state index in [2.05, 4.69) is 12.0 Å². The van der Waals surface area contributed by atoms with Crippen LogP contribution in [0.2, 0.25) is 5.02 Å². The van der Waals surface area contributed by atoms with Crippen LogP contribution in [0.15, 0.2) is 23.8 Å². The minimum Gasteiger partial charge on any atom is -0.391 e. The number of fused-ring (bicyclic) bond motifs is 1. The molecule has 0 heterocycles. The van der Waals surface area contributed by atoms with E-state index in [0.717, 1.165) is 16.7 Å². The van der Waals surface area contributed by atoms with Crippen molar-refractivity contribution in [2.75, 3.05) is 0 Å². The van der Waals surface area contributed by atoms with Crippen molar-refractivity contribution in [1.82, 2.24) is 0 Å². The molecule has 1 aromatic rings. The van der Waals surface area contributed by atoms with Crippen molar-refractivity contribution in [3.8, 4) is 12.3 Å². The van der Waals surface area contributed by atoms with Crippen LogP contribution in [0.4, 0.5) is 0 Å². The largest absolute Gasteiger partial charge is 0.391 e. The molecule has 0 fully saturated rings. The first-order valence-corrected chi connectivity index (χ1v) is 5.60. The molecule has 0 saturated heterocycles. The highest BCUT2D eigenvalue weighted by molar-refractivity contribution is 6.30. The van der Waals surface area contributed by atoms with Crippen LogP contribution in [0.1, 0.15) is 30.4 Å². The summed E-state index contributed by atoms with van der Waals surface area (Å²) in [6.07, 6.45) is 7.15. The lowest BCUT2D eigenvalue weighted by Gasteiger charge is -2.19. The molecule has 0 spiro atoms. The Morgan fingerprint density at radius 3 is 3.00 bits per heavy atom. The van der Waals surface area contributed by atoms with E-state index in [4.69, 9.17) is 18.0 Å². The van der Waals surface area contributed by atoms with Crippen LogP contribution in [0, 0.1) is 12.3 Å². The Morgan fingerprint density at radius 1 is 1.56 bits per heavy atom. The lowest BCUT2D eigenvalue weighted by Crippen LogP contribution is -2.17. The summed E-state index contributed by atoms with van der Waals surface area (Å²) < 4.78 is 0. The van der Waals surface area contributed by atoms with E-state index in [1.165, 1.54) is 0 Å². The van der Waals surface area contributed by atoms with Gasteiger partial charge in [-0.1, -0.05) is 29.3 Å². The second kappa shape index (κ2) is 4.33. The molecule has 1 aliphatic rings. The summed E-state index contributed by atoms with van der Waals surface area (Å²) in [6.45, 7) is 2.01. The highest BCUT2D eigenvalue weighted by Crippen LogP contribution is 2.40. The fourth-order valence-corrected chi connectivity index (χ4v) is 2.46. The molecule has 2 rings (SSSR count). The number of benzene rings is 1. The summed E-state index contributed by atoms with van der Waals surface area (Å²) >= 11 is 5.97.